The lowest BCUT2D eigenvalue weighted by Gasteiger charge is -2.23. The number of aromatic carboxylic acids is 1. The molecule has 1 heterocycles. The Labute approximate surface area is 152 Å². The number of benzene rings is 1. The van der Waals surface area contributed by atoms with Gasteiger partial charge in [-0.15, -0.1) is 0 Å². The summed E-state index contributed by atoms with van der Waals surface area (Å²) in [7, 11) is -3.84. The average molecular weight is 378 g/mol. The van der Waals surface area contributed by atoms with Gasteiger partial charge in [-0.2, -0.15) is 0 Å². The van der Waals surface area contributed by atoms with Crippen LogP contribution < -0.4 is 10.0 Å². The van der Waals surface area contributed by atoms with Gasteiger partial charge in [-0.1, -0.05) is 19.3 Å². The summed E-state index contributed by atoms with van der Waals surface area (Å²) in [6.45, 7) is 0.297. The quantitative estimate of drug-likeness (QED) is 0.683. The van der Waals surface area contributed by atoms with Gasteiger partial charge in [0.05, 0.1) is 24.1 Å². The van der Waals surface area contributed by atoms with Crippen molar-refractivity contribution in [3.8, 4) is 0 Å². The Hall–Kier alpha value is -2.32. The van der Waals surface area contributed by atoms with Gasteiger partial charge >= 0.3 is 5.97 Å². The molecular formula is C18H22N2O5S. The van der Waals surface area contributed by atoms with Crippen molar-refractivity contribution in [1.82, 2.24) is 4.72 Å². The fourth-order valence-electron chi connectivity index (χ4n) is 3.12. The van der Waals surface area contributed by atoms with Gasteiger partial charge in [-0.25, -0.2) is 17.9 Å². The molecule has 0 bridgehead atoms. The van der Waals surface area contributed by atoms with E-state index in [2.05, 4.69) is 10.0 Å². The predicted molar refractivity (Wildman–Crippen MR) is 96.6 cm³/mol. The summed E-state index contributed by atoms with van der Waals surface area (Å²) in [5.41, 5.74) is 0.271. The van der Waals surface area contributed by atoms with Gasteiger partial charge in [-0.05, 0) is 43.2 Å². The third kappa shape index (κ3) is 4.44. The van der Waals surface area contributed by atoms with Crippen molar-refractivity contribution in [3.05, 3.63) is 47.9 Å². The van der Waals surface area contributed by atoms with Gasteiger partial charge in [0.2, 0.25) is 10.0 Å². The van der Waals surface area contributed by atoms with Crippen molar-refractivity contribution in [2.75, 3.05) is 5.32 Å². The molecule has 1 aliphatic rings. The molecule has 0 amide bonds. The van der Waals surface area contributed by atoms with E-state index in [-0.39, 0.29) is 16.5 Å². The van der Waals surface area contributed by atoms with Gasteiger partial charge in [0, 0.05) is 6.04 Å². The number of rotatable bonds is 7. The zero-order valence-corrected chi connectivity index (χ0v) is 15.1. The molecule has 2 aromatic rings. The van der Waals surface area contributed by atoms with E-state index in [1.807, 2.05) is 0 Å². The minimum Gasteiger partial charge on any atom is -0.478 e. The first kappa shape index (κ1) is 18.5. The SMILES string of the molecule is O=C(O)c1ccc(NCc2ccco2)c(S(=O)(=O)NC2CCCCC2)c1. The van der Waals surface area contributed by atoms with Crippen molar-refractivity contribution in [2.24, 2.45) is 0 Å². The number of carboxylic acid groups (broad SMARTS) is 1. The Bertz CT molecular complexity index is 856. The normalized spacial score (nSPS) is 15.7. The number of nitrogens with one attached hydrogen (secondary N) is 2. The molecule has 1 aromatic heterocycles. The van der Waals surface area contributed by atoms with E-state index < -0.39 is 16.0 Å². The zero-order chi connectivity index (χ0) is 18.6. The molecule has 8 heteroatoms. The Morgan fingerprint density at radius 1 is 1.19 bits per heavy atom. The van der Waals surface area contributed by atoms with Crippen LogP contribution in [0.4, 0.5) is 5.69 Å². The van der Waals surface area contributed by atoms with E-state index in [9.17, 15) is 18.3 Å². The monoisotopic (exact) mass is 378 g/mol. The number of carboxylic acids is 1. The lowest BCUT2D eigenvalue weighted by atomic mass is 9.96. The van der Waals surface area contributed by atoms with Crippen molar-refractivity contribution in [3.63, 3.8) is 0 Å². The third-order valence-corrected chi connectivity index (χ3v) is 6.04. The number of hydrogen-bond donors (Lipinski definition) is 3. The van der Waals surface area contributed by atoms with E-state index in [0.29, 0.717) is 18.0 Å². The minimum absolute atomic E-state index is 0.0606. The van der Waals surface area contributed by atoms with Crippen LogP contribution in [0, 0.1) is 0 Å². The van der Waals surface area contributed by atoms with E-state index in [0.717, 1.165) is 32.1 Å². The smallest absolute Gasteiger partial charge is 0.335 e. The largest absolute Gasteiger partial charge is 0.478 e. The predicted octanol–water partition coefficient (Wildman–Crippen LogP) is 3.20. The molecule has 0 aliphatic heterocycles. The Kier molecular flexibility index (Phi) is 5.63. The fraction of sp³-hybridized carbons (Fsp3) is 0.389. The molecule has 1 saturated carbocycles. The molecule has 0 spiro atoms. The molecule has 3 rings (SSSR count). The number of anilines is 1. The maximum atomic E-state index is 12.9. The van der Waals surface area contributed by atoms with E-state index in [1.165, 1.54) is 24.5 Å². The van der Waals surface area contributed by atoms with Crippen LogP contribution in [0.2, 0.25) is 0 Å². The summed E-state index contributed by atoms with van der Waals surface area (Å²) < 4.78 is 33.7. The third-order valence-electron chi connectivity index (χ3n) is 4.48. The topological polar surface area (TPSA) is 109 Å². The average Bonchev–Trinajstić information content (AvgIpc) is 3.13. The summed E-state index contributed by atoms with van der Waals surface area (Å²) in [5.74, 6) is -0.521. The Morgan fingerprint density at radius 2 is 1.96 bits per heavy atom. The molecule has 1 aromatic carbocycles. The van der Waals surface area contributed by atoms with Crippen LogP contribution in [0.15, 0.2) is 45.9 Å². The molecule has 1 fully saturated rings. The van der Waals surface area contributed by atoms with Crippen LogP contribution in [-0.4, -0.2) is 25.5 Å². The van der Waals surface area contributed by atoms with Crippen LogP contribution in [-0.2, 0) is 16.6 Å². The molecule has 1 aliphatic carbocycles. The fourth-order valence-corrected chi connectivity index (χ4v) is 4.64. The molecule has 0 atom stereocenters. The van der Waals surface area contributed by atoms with E-state index >= 15 is 0 Å². The van der Waals surface area contributed by atoms with Gasteiger partial charge in [-0.3, -0.25) is 0 Å². The highest BCUT2D eigenvalue weighted by Gasteiger charge is 2.25. The highest BCUT2D eigenvalue weighted by Crippen LogP contribution is 2.26. The second-order valence-corrected chi connectivity index (χ2v) is 8.09. The summed E-state index contributed by atoms with van der Waals surface area (Å²) in [6, 6.07) is 7.45. The maximum absolute atomic E-state index is 12.9. The zero-order valence-electron chi connectivity index (χ0n) is 14.3. The summed E-state index contributed by atoms with van der Waals surface area (Å²) in [5, 5.41) is 12.2. The highest BCUT2D eigenvalue weighted by molar-refractivity contribution is 7.89. The van der Waals surface area contributed by atoms with Crippen molar-refractivity contribution in [1.29, 1.82) is 0 Å². The summed E-state index contributed by atoms with van der Waals surface area (Å²) in [6.07, 6.45) is 6.23. The molecule has 7 nitrogen and oxygen atoms in total. The van der Waals surface area contributed by atoms with Gasteiger partial charge in [0.25, 0.3) is 0 Å². The van der Waals surface area contributed by atoms with Crippen LogP contribution in [0.25, 0.3) is 0 Å². The van der Waals surface area contributed by atoms with Crippen LogP contribution >= 0.6 is 0 Å². The second kappa shape index (κ2) is 7.92. The van der Waals surface area contributed by atoms with E-state index in [1.54, 1.807) is 12.1 Å². The molecule has 26 heavy (non-hydrogen) atoms. The lowest BCUT2D eigenvalue weighted by Crippen LogP contribution is -2.36. The van der Waals surface area contributed by atoms with Gasteiger partial charge in [0.1, 0.15) is 10.7 Å². The molecule has 0 radical (unpaired) electrons. The van der Waals surface area contributed by atoms with Crippen molar-refractivity contribution in [2.45, 2.75) is 49.6 Å². The van der Waals surface area contributed by atoms with Crippen LogP contribution in [0.1, 0.15) is 48.2 Å². The molecule has 0 unspecified atom stereocenters. The molecule has 0 saturated heterocycles. The second-order valence-electron chi connectivity index (χ2n) is 6.41. The van der Waals surface area contributed by atoms with Crippen LogP contribution in [0.5, 0.6) is 0 Å². The highest BCUT2D eigenvalue weighted by atomic mass is 32.2. The summed E-state index contributed by atoms with van der Waals surface area (Å²) in [4.78, 5) is 11.2. The number of hydrogen-bond acceptors (Lipinski definition) is 5. The Morgan fingerprint density at radius 3 is 2.62 bits per heavy atom. The van der Waals surface area contributed by atoms with E-state index in [4.69, 9.17) is 4.42 Å². The first-order chi connectivity index (χ1) is 12.5. The number of sulfonamides is 1. The van der Waals surface area contributed by atoms with Crippen molar-refractivity contribution < 1.29 is 22.7 Å². The van der Waals surface area contributed by atoms with Crippen LogP contribution in [0.3, 0.4) is 0 Å². The molecular weight excluding hydrogens is 356 g/mol. The summed E-state index contributed by atoms with van der Waals surface area (Å²) >= 11 is 0. The molecule has 140 valence electrons. The first-order valence-corrected chi connectivity index (χ1v) is 10.1. The Balaban J connectivity index is 1.87. The van der Waals surface area contributed by atoms with Gasteiger partial charge in [0.15, 0.2) is 0 Å². The lowest BCUT2D eigenvalue weighted by molar-refractivity contribution is 0.0696. The first-order valence-electron chi connectivity index (χ1n) is 8.61. The van der Waals surface area contributed by atoms with Crippen molar-refractivity contribution >= 4 is 21.7 Å². The minimum atomic E-state index is -3.84. The number of furan rings is 1. The van der Waals surface area contributed by atoms with Gasteiger partial charge < -0.3 is 14.8 Å². The standard InChI is InChI=1S/C18H22N2O5S/c21-18(22)13-8-9-16(19-12-15-7-4-10-25-15)17(11-13)26(23,24)20-14-5-2-1-3-6-14/h4,7-11,14,19-20H,1-3,5-6,12H2,(H,21,22). The maximum Gasteiger partial charge on any atom is 0.335 e. The molecule has 3 N–H and O–H groups in total. The number of carbonyl (C=O) groups is 1.